The molecule has 0 bridgehead atoms. The highest BCUT2D eigenvalue weighted by Crippen LogP contribution is 2.33. The third kappa shape index (κ3) is 2.08. The summed E-state index contributed by atoms with van der Waals surface area (Å²) in [5.74, 6) is 0. The lowest BCUT2D eigenvalue weighted by Crippen LogP contribution is -2.36. The fraction of sp³-hybridized carbons (Fsp3) is 0.417. The number of fused-ring (bicyclic) bond motifs is 1. The normalized spacial score (nSPS) is 12.2. The Balaban J connectivity index is 2.51. The minimum Gasteiger partial charge on any atom is -0.306 e. The van der Waals surface area contributed by atoms with Gasteiger partial charge in [-0.15, -0.1) is 11.3 Å². The number of nitrogens with zero attached hydrogens (tertiary/aromatic N) is 1. The first-order valence-corrected chi connectivity index (χ1v) is 6.54. The molecule has 0 saturated heterocycles. The molecule has 0 radical (unpaired) electrons. The zero-order valence-electron chi connectivity index (χ0n) is 9.67. The van der Waals surface area contributed by atoms with Gasteiger partial charge < -0.3 is 5.32 Å². The van der Waals surface area contributed by atoms with Gasteiger partial charge in [0, 0.05) is 0 Å². The molecule has 2 aromatic rings. The van der Waals surface area contributed by atoms with E-state index in [4.69, 9.17) is 11.6 Å². The Morgan fingerprint density at radius 1 is 1.44 bits per heavy atom. The van der Waals surface area contributed by atoms with Crippen LogP contribution in [0.1, 0.15) is 25.8 Å². The maximum absolute atomic E-state index is 6.15. The van der Waals surface area contributed by atoms with Gasteiger partial charge in [-0.3, -0.25) is 0 Å². The number of aromatic nitrogens is 1. The first-order valence-electron chi connectivity index (χ1n) is 5.35. The van der Waals surface area contributed by atoms with Crippen molar-refractivity contribution in [3.8, 4) is 0 Å². The Labute approximate surface area is 105 Å². The molecule has 0 aliphatic rings. The third-order valence-electron chi connectivity index (χ3n) is 2.52. The lowest BCUT2D eigenvalue weighted by Gasteiger charge is -2.22. The fourth-order valence-corrected chi connectivity index (χ4v) is 3.03. The number of halogens is 1. The summed E-state index contributed by atoms with van der Waals surface area (Å²) in [4.78, 5) is 4.64. The molecule has 0 saturated carbocycles. The van der Waals surface area contributed by atoms with Crippen LogP contribution in [0.3, 0.4) is 0 Å². The van der Waals surface area contributed by atoms with E-state index in [2.05, 4.69) is 31.1 Å². The van der Waals surface area contributed by atoms with Crippen molar-refractivity contribution in [1.82, 2.24) is 10.3 Å². The average Bonchev–Trinajstić information content (AvgIpc) is 2.63. The monoisotopic (exact) mass is 254 g/mol. The van der Waals surface area contributed by atoms with Gasteiger partial charge in [-0.25, -0.2) is 4.98 Å². The first-order chi connectivity index (χ1) is 7.54. The lowest BCUT2D eigenvalue weighted by atomic mass is 10.1. The molecule has 1 N–H and O–H groups in total. The number of thiazole rings is 1. The summed E-state index contributed by atoms with van der Waals surface area (Å²) in [6, 6.07) is 5.85. The zero-order valence-corrected chi connectivity index (χ0v) is 11.2. The van der Waals surface area contributed by atoms with Crippen molar-refractivity contribution in [2.24, 2.45) is 0 Å². The molecule has 4 heteroatoms. The molecule has 16 heavy (non-hydrogen) atoms. The van der Waals surface area contributed by atoms with E-state index in [9.17, 15) is 0 Å². The SMILES string of the molecule is CCNC(C)(C)c1nc2cccc(Cl)c2s1. The molecule has 2 rings (SSSR count). The van der Waals surface area contributed by atoms with Crippen molar-refractivity contribution < 1.29 is 0 Å². The van der Waals surface area contributed by atoms with Gasteiger partial charge in [0.15, 0.2) is 0 Å². The minimum atomic E-state index is -0.0955. The predicted octanol–water partition coefficient (Wildman–Crippen LogP) is 3.79. The topological polar surface area (TPSA) is 24.9 Å². The van der Waals surface area contributed by atoms with Gasteiger partial charge in [-0.05, 0) is 32.5 Å². The standard InChI is InChI=1S/C12H15ClN2S/c1-4-14-12(2,3)11-15-9-7-5-6-8(13)10(9)16-11/h5-7,14H,4H2,1-3H3. The Morgan fingerprint density at radius 2 is 2.19 bits per heavy atom. The van der Waals surface area contributed by atoms with E-state index in [0.29, 0.717) is 0 Å². The lowest BCUT2D eigenvalue weighted by molar-refractivity contribution is 0.414. The van der Waals surface area contributed by atoms with Crippen molar-refractivity contribution in [3.05, 3.63) is 28.2 Å². The molecule has 1 heterocycles. The van der Waals surface area contributed by atoms with Crippen LogP contribution in [-0.4, -0.2) is 11.5 Å². The van der Waals surface area contributed by atoms with E-state index >= 15 is 0 Å². The number of nitrogens with one attached hydrogen (secondary N) is 1. The molecule has 0 aliphatic carbocycles. The van der Waals surface area contributed by atoms with Crippen LogP contribution >= 0.6 is 22.9 Å². The van der Waals surface area contributed by atoms with Gasteiger partial charge in [0.25, 0.3) is 0 Å². The van der Waals surface area contributed by atoms with Crippen LogP contribution in [0.4, 0.5) is 0 Å². The molecule has 1 aromatic heterocycles. The van der Waals surface area contributed by atoms with Gasteiger partial charge in [-0.1, -0.05) is 24.6 Å². The van der Waals surface area contributed by atoms with Crippen LogP contribution in [0.2, 0.25) is 5.02 Å². The van der Waals surface area contributed by atoms with Crippen LogP contribution in [0.5, 0.6) is 0 Å². The van der Waals surface area contributed by atoms with Crippen LogP contribution in [0.15, 0.2) is 18.2 Å². The predicted molar refractivity (Wildman–Crippen MR) is 71.3 cm³/mol. The van der Waals surface area contributed by atoms with Crippen LogP contribution < -0.4 is 5.32 Å². The maximum Gasteiger partial charge on any atom is 0.113 e. The summed E-state index contributed by atoms with van der Waals surface area (Å²) in [5, 5.41) is 5.29. The quantitative estimate of drug-likeness (QED) is 0.901. The molecule has 0 amide bonds. The summed E-state index contributed by atoms with van der Waals surface area (Å²) >= 11 is 7.81. The van der Waals surface area contributed by atoms with Gasteiger partial charge >= 0.3 is 0 Å². The second kappa shape index (κ2) is 4.32. The number of hydrogen-bond donors (Lipinski definition) is 1. The van der Waals surface area contributed by atoms with E-state index < -0.39 is 0 Å². The molecule has 0 atom stereocenters. The van der Waals surface area contributed by atoms with Crippen molar-refractivity contribution in [3.63, 3.8) is 0 Å². The third-order valence-corrected chi connectivity index (χ3v) is 4.38. The zero-order chi connectivity index (χ0) is 11.8. The largest absolute Gasteiger partial charge is 0.306 e. The Morgan fingerprint density at radius 3 is 2.81 bits per heavy atom. The highest BCUT2D eigenvalue weighted by Gasteiger charge is 2.23. The molecule has 0 aliphatic heterocycles. The van der Waals surface area contributed by atoms with E-state index in [1.54, 1.807) is 11.3 Å². The molecule has 2 nitrogen and oxygen atoms in total. The Kier molecular flexibility index (Phi) is 3.19. The van der Waals surface area contributed by atoms with E-state index in [-0.39, 0.29) is 5.54 Å². The Bertz CT molecular complexity index is 505. The second-order valence-electron chi connectivity index (χ2n) is 4.26. The van der Waals surface area contributed by atoms with E-state index in [0.717, 1.165) is 26.8 Å². The van der Waals surface area contributed by atoms with Crippen LogP contribution in [-0.2, 0) is 5.54 Å². The van der Waals surface area contributed by atoms with Crippen LogP contribution in [0, 0.1) is 0 Å². The highest BCUT2D eigenvalue weighted by molar-refractivity contribution is 7.19. The summed E-state index contributed by atoms with van der Waals surface area (Å²) in [5.41, 5.74) is 0.889. The van der Waals surface area contributed by atoms with Gasteiger partial charge in [0.05, 0.1) is 20.8 Å². The smallest absolute Gasteiger partial charge is 0.113 e. The van der Waals surface area contributed by atoms with E-state index in [1.165, 1.54) is 0 Å². The Hall–Kier alpha value is -0.640. The fourth-order valence-electron chi connectivity index (χ4n) is 1.70. The maximum atomic E-state index is 6.15. The van der Waals surface area contributed by atoms with Crippen molar-refractivity contribution in [2.75, 3.05) is 6.54 Å². The van der Waals surface area contributed by atoms with Crippen LogP contribution in [0.25, 0.3) is 10.2 Å². The van der Waals surface area contributed by atoms with E-state index in [1.807, 2.05) is 18.2 Å². The van der Waals surface area contributed by atoms with Gasteiger partial charge in [0.2, 0.25) is 0 Å². The minimum absolute atomic E-state index is 0.0955. The van der Waals surface area contributed by atoms with Crippen molar-refractivity contribution in [1.29, 1.82) is 0 Å². The summed E-state index contributed by atoms with van der Waals surface area (Å²) in [7, 11) is 0. The molecular formula is C12H15ClN2S. The highest BCUT2D eigenvalue weighted by atomic mass is 35.5. The second-order valence-corrected chi connectivity index (χ2v) is 5.67. The summed E-state index contributed by atoms with van der Waals surface area (Å²) in [6.07, 6.45) is 0. The molecule has 1 aromatic carbocycles. The van der Waals surface area contributed by atoms with Crippen molar-refractivity contribution >= 4 is 33.2 Å². The first kappa shape index (κ1) is 11.8. The number of hydrogen-bond acceptors (Lipinski definition) is 3. The number of rotatable bonds is 3. The van der Waals surface area contributed by atoms with Gasteiger partial charge in [-0.2, -0.15) is 0 Å². The number of benzene rings is 1. The molecule has 0 fully saturated rings. The molecule has 86 valence electrons. The molecular weight excluding hydrogens is 240 g/mol. The average molecular weight is 255 g/mol. The summed E-state index contributed by atoms with van der Waals surface area (Å²) < 4.78 is 1.07. The van der Waals surface area contributed by atoms with Gasteiger partial charge in [0.1, 0.15) is 5.01 Å². The summed E-state index contributed by atoms with van der Waals surface area (Å²) in [6.45, 7) is 7.31. The molecule has 0 unspecified atom stereocenters. The van der Waals surface area contributed by atoms with Crippen molar-refractivity contribution in [2.45, 2.75) is 26.3 Å². The molecule has 0 spiro atoms.